The van der Waals surface area contributed by atoms with E-state index in [4.69, 9.17) is 9.88 Å². The van der Waals surface area contributed by atoms with Gasteiger partial charge in [-0.05, 0) is 31.0 Å². The van der Waals surface area contributed by atoms with Gasteiger partial charge in [-0.1, -0.05) is 13.0 Å². The van der Waals surface area contributed by atoms with Crippen molar-refractivity contribution in [3.8, 4) is 0 Å². The van der Waals surface area contributed by atoms with Gasteiger partial charge in [0.05, 0.1) is 11.0 Å². The Kier molecular flexibility index (Phi) is 4.97. The highest BCUT2D eigenvalue weighted by atomic mass is 32.2. The van der Waals surface area contributed by atoms with E-state index in [0.717, 1.165) is 19.4 Å². The zero-order valence-corrected chi connectivity index (χ0v) is 12.7. The van der Waals surface area contributed by atoms with Crippen molar-refractivity contribution in [2.24, 2.45) is 11.1 Å². The topological polar surface area (TPSA) is 98.5 Å². The molecule has 116 valence electrons. The Morgan fingerprint density at radius 3 is 2.90 bits per heavy atom. The smallest absolute Gasteiger partial charge is 0.251 e. The minimum atomic E-state index is -3.80. The van der Waals surface area contributed by atoms with E-state index < -0.39 is 10.0 Å². The maximum atomic E-state index is 12.1. The Morgan fingerprint density at radius 1 is 1.48 bits per heavy atom. The molecular weight excluding hydrogens is 292 g/mol. The monoisotopic (exact) mass is 312 g/mol. The molecule has 2 atom stereocenters. The number of primary sulfonamides is 1. The molecule has 0 bridgehead atoms. The molecule has 1 amide bonds. The summed E-state index contributed by atoms with van der Waals surface area (Å²) in [6, 6.07) is 5.71. The molecule has 2 rings (SSSR count). The van der Waals surface area contributed by atoms with Gasteiger partial charge in [-0.2, -0.15) is 0 Å². The minimum Gasteiger partial charge on any atom is -0.378 e. The van der Waals surface area contributed by atoms with Crippen molar-refractivity contribution in [1.82, 2.24) is 5.32 Å². The van der Waals surface area contributed by atoms with Crippen LogP contribution >= 0.6 is 0 Å². The van der Waals surface area contributed by atoms with Crippen molar-refractivity contribution in [2.75, 3.05) is 13.2 Å². The maximum absolute atomic E-state index is 12.1. The van der Waals surface area contributed by atoms with Gasteiger partial charge in [0.2, 0.25) is 10.0 Å². The predicted molar refractivity (Wildman–Crippen MR) is 78.3 cm³/mol. The molecule has 1 aromatic carbocycles. The third-order valence-corrected chi connectivity index (χ3v) is 4.61. The van der Waals surface area contributed by atoms with Crippen LogP contribution in [-0.4, -0.2) is 33.6 Å². The first-order valence-electron chi connectivity index (χ1n) is 6.94. The highest BCUT2D eigenvalue weighted by molar-refractivity contribution is 7.89. The first kappa shape index (κ1) is 15.9. The Bertz CT molecular complexity index is 615. The number of ether oxygens (including phenoxy) is 1. The fourth-order valence-corrected chi connectivity index (χ4v) is 3.08. The lowest BCUT2D eigenvalue weighted by molar-refractivity contribution is 0.0827. The lowest BCUT2D eigenvalue weighted by Gasteiger charge is -2.17. The number of hydrogen-bond donors (Lipinski definition) is 2. The molecule has 1 fully saturated rings. The zero-order valence-electron chi connectivity index (χ0n) is 11.9. The summed E-state index contributed by atoms with van der Waals surface area (Å²) in [7, 11) is -3.80. The average molecular weight is 312 g/mol. The molecule has 7 heteroatoms. The number of benzene rings is 1. The second-order valence-electron chi connectivity index (χ2n) is 5.15. The van der Waals surface area contributed by atoms with Crippen molar-refractivity contribution in [3.05, 3.63) is 29.8 Å². The quantitative estimate of drug-likeness (QED) is 0.843. The van der Waals surface area contributed by atoms with E-state index in [-0.39, 0.29) is 22.5 Å². The van der Waals surface area contributed by atoms with E-state index in [1.54, 1.807) is 6.07 Å². The minimum absolute atomic E-state index is 0.0641. The molecular formula is C14H20N2O4S. The van der Waals surface area contributed by atoms with Crippen molar-refractivity contribution >= 4 is 15.9 Å². The van der Waals surface area contributed by atoms with E-state index in [1.165, 1.54) is 18.2 Å². The summed E-state index contributed by atoms with van der Waals surface area (Å²) in [5.74, 6) is 0.00243. The van der Waals surface area contributed by atoms with Crippen molar-refractivity contribution in [2.45, 2.75) is 30.8 Å². The SMILES string of the molecule is CCC1OCCC1CNC(=O)c1cccc(S(N)(=O)=O)c1. The fourth-order valence-electron chi connectivity index (χ4n) is 2.52. The third kappa shape index (κ3) is 4.03. The second kappa shape index (κ2) is 6.55. The fraction of sp³-hybridized carbons (Fsp3) is 0.500. The molecule has 1 heterocycles. The van der Waals surface area contributed by atoms with Gasteiger partial charge in [-0.15, -0.1) is 0 Å². The molecule has 0 radical (unpaired) electrons. The highest BCUT2D eigenvalue weighted by Crippen LogP contribution is 2.22. The molecule has 6 nitrogen and oxygen atoms in total. The summed E-state index contributed by atoms with van der Waals surface area (Å²) in [5.41, 5.74) is 0.286. The molecule has 0 spiro atoms. The summed E-state index contributed by atoms with van der Waals surface area (Å²) < 4.78 is 28.1. The molecule has 3 N–H and O–H groups in total. The maximum Gasteiger partial charge on any atom is 0.251 e. The van der Waals surface area contributed by atoms with Crippen LogP contribution in [0.5, 0.6) is 0 Å². The van der Waals surface area contributed by atoms with Crippen LogP contribution in [-0.2, 0) is 14.8 Å². The molecule has 2 unspecified atom stereocenters. The van der Waals surface area contributed by atoms with Crippen molar-refractivity contribution < 1.29 is 17.9 Å². The number of carbonyl (C=O) groups is 1. The van der Waals surface area contributed by atoms with Gasteiger partial charge in [0.25, 0.3) is 5.91 Å². The Morgan fingerprint density at radius 2 is 2.24 bits per heavy atom. The van der Waals surface area contributed by atoms with E-state index in [1.807, 2.05) is 0 Å². The number of carbonyl (C=O) groups excluding carboxylic acids is 1. The van der Waals surface area contributed by atoms with Gasteiger partial charge in [-0.3, -0.25) is 4.79 Å². The number of sulfonamides is 1. The van der Waals surface area contributed by atoms with Gasteiger partial charge in [0.1, 0.15) is 0 Å². The van der Waals surface area contributed by atoms with Gasteiger partial charge in [0.15, 0.2) is 0 Å². The van der Waals surface area contributed by atoms with Gasteiger partial charge in [-0.25, -0.2) is 13.6 Å². The summed E-state index contributed by atoms with van der Waals surface area (Å²) in [5, 5.41) is 7.89. The van der Waals surface area contributed by atoms with E-state index in [2.05, 4.69) is 12.2 Å². The number of nitrogens with one attached hydrogen (secondary N) is 1. The number of hydrogen-bond acceptors (Lipinski definition) is 4. The Hall–Kier alpha value is -1.44. The molecule has 1 saturated heterocycles. The lowest BCUT2D eigenvalue weighted by atomic mass is 9.99. The number of nitrogens with two attached hydrogens (primary N) is 1. The van der Waals surface area contributed by atoms with Gasteiger partial charge >= 0.3 is 0 Å². The lowest BCUT2D eigenvalue weighted by Crippen LogP contribution is -2.32. The van der Waals surface area contributed by atoms with Crippen LogP contribution in [0, 0.1) is 5.92 Å². The first-order valence-corrected chi connectivity index (χ1v) is 8.49. The van der Waals surface area contributed by atoms with Crippen LogP contribution < -0.4 is 10.5 Å². The second-order valence-corrected chi connectivity index (χ2v) is 6.71. The van der Waals surface area contributed by atoms with E-state index >= 15 is 0 Å². The molecule has 1 aliphatic heterocycles. The molecule has 0 aliphatic carbocycles. The zero-order chi connectivity index (χ0) is 15.5. The normalized spacial score (nSPS) is 22.2. The number of rotatable bonds is 5. The van der Waals surface area contributed by atoms with E-state index in [9.17, 15) is 13.2 Å². The molecule has 21 heavy (non-hydrogen) atoms. The summed E-state index contributed by atoms with van der Waals surface area (Å²) >= 11 is 0. The van der Waals surface area contributed by atoms with Gasteiger partial charge in [0, 0.05) is 24.6 Å². The van der Waals surface area contributed by atoms with Crippen LogP contribution in [0.1, 0.15) is 30.1 Å². The molecule has 1 aromatic rings. The Labute approximate surface area is 124 Å². The van der Waals surface area contributed by atoms with E-state index in [0.29, 0.717) is 12.5 Å². The largest absolute Gasteiger partial charge is 0.378 e. The average Bonchev–Trinajstić information content (AvgIpc) is 2.91. The molecule has 1 aliphatic rings. The van der Waals surface area contributed by atoms with Crippen LogP contribution in [0.25, 0.3) is 0 Å². The Balaban J connectivity index is 2.01. The van der Waals surface area contributed by atoms with Crippen molar-refractivity contribution in [3.63, 3.8) is 0 Å². The summed E-state index contributed by atoms with van der Waals surface area (Å²) in [4.78, 5) is 12.0. The third-order valence-electron chi connectivity index (χ3n) is 3.70. The molecule has 0 aromatic heterocycles. The standard InChI is InChI=1S/C14H20N2O4S/c1-2-13-11(6-7-20-13)9-16-14(17)10-4-3-5-12(8-10)21(15,18)19/h3-5,8,11,13H,2,6-7,9H2,1H3,(H,16,17)(H2,15,18,19). The van der Waals surface area contributed by atoms with Crippen LogP contribution in [0.2, 0.25) is 0 Å². The van der Waals surface area contributed by atoms with Crippen LogP contribution in [0.15, 0.2) is 29.2 Å². The van der Waals surface area contributed by atoms with Crippen molar-refractivity contribution in [1.29, 1.82) is 0 Å². The summed E-state index contributed by atoms with van der Waals surface area (Å²) in [6.45, 7) is 3.30. The summed E-state index contributed by atoms with van der Waals surface area (Å²) in [6.07, 6.45) is 2.03. The number of amides is 1. The molecule has 0 saturated carbocycles. The predicted octanol–water partition coefficient (Wildman–Crippen LogP) is 0.879. The van der Waals surface area contributed by atoms with Crippen LogP contribution in [0.4, 0.5) is 0 Å². The van der Waals surface area contributed by atoms with Crippen LogP contribution in [0.3, 0.4) is 0 Å². The highest BCUT2D eigenvalue weighted by Gasteiger charge is 2.27. The van der Waals surface area contributed by atoms with Gasteiger partial charge < -0.3 is 10.1 Å². The first-order chi connectivity index (χ1) is 9.91.